The fourth-order valence-electron chi connectivity index (χ4n) is 0.411. The normalized spacial score (nSPS) is 8.89. The minimum atomic E-state index is -1.23. The van der Waals surface area contributed by atoms with Crippen molar-refractivity contribution in [3.63, 3.8) is 0 Å². The molecule has 0 aliphatic carbocycles. The van der Waals surface area contributed by atoms with Gasteiger partial charge < -0.3 is 0 Å². The Morgan fingerprint density at radius 1 is 1.44 bits per heavy atom. The Labute approximate surface area is 51.2 Å². The number of rotatable bonds is 1. The minimum absolute atomic E-state index is 0.0463. The van der Waals surface area contributed by atoms with Crippen LogP contribution in [0.3, 0.4) is 0 Å². The van der Waals surface area contributed by atoms with Gasteiger partial charge in [-0.15, -0.1) is 0 Å². The summed E-state index contributed by atoms with van der Waals surface area (Å²) in [6.45, 7) is 0. The van der Waals surface area contributed by atoms with Crippen LogP contribution in [-0.4, -0.2) is 16.2 Å². The predicted octanol–water partition coefficient (Wildman–Crippen LogP) is 0.0473. The lowest BCUT2D eigenvalue weighted by Gasteiger charge is -1.83. The fraction of sp³-hybridized carbons (Fsp3) is 0. The smallest absolute Gasteiger partial charge is 0.241 e. The Hall–Kier alpha value is -1.45. The van der Waals surface area contributed by atoms with Crippen LogP contribution in [0.15, 0.2) is 18.5 Å². The van der Waals surface area contributed by atoms with Gasteiger partial charge in [-0.2, -0.15) is 10.2 Å². The van der Waals surface area contributed by atoms with Gasteiger partial charge in [-0.1, -0.05) is 0 Å². The van der Waals surface area contributed by atoms with E-state index in [-0.39, 0.29) is 5.56 Å². The molecule has 0 amide bonds. The van der Waals surface area contributed by atoms with E-state index in [1.54, 1.807) is 0 Å². The predicted molar refractivity (Wildman–Crippen MR) is 27.0 cm³/mol. The number of carbonyl (C=O) groups excluding carboxylic acids is 1. The zero-order valence-corrected chi connectivity index (χ0v) is 4.44. The third kappa shape index (κ3) is 1.22. The molecule has 4 heteroatoms. The van der Waals surface area contributed by atoms with E-state index in [1.807, 2.05) is 0 Å². The van der Waals surface area contributed by atoms with Crippen molar-refractivity contribution in [2.24, 2.45) is 0 Å². The molecule has 0 aliphatic rings. The van der Waals surface area contributed by atoms with Crippen molar-refractivity contribution in [3.8, 4) is 0 Å². The van der Waals surface area contributed by atoms with Crippen molar-refractivity contribution in [2.45, 2.75) is 0 Å². The first kappa shape index (κ1) is 5.68. The van der Waals surface area contributed by atoms with Crippen molar-refractivity contribution in [1.82, 2.24) is 10.2 Å². The van der Waals surface area contributed by atoms with Crippen molar-refractivity contribution in [2.75, 3.05) is 0 Å². The molecule has 0 unspecified atom stereocenters. The largest absolute Gasteiger partial charge is 0.388 e. The van der Waals surface area contributed by atoms with Crippen LogP contribution >= 0.6 is 0 Å². The van der Waals surface area contributed by atoms with Gasteiger partial charge in [-0.05, 0) is 6.07 Å². The highest BCUT2D eigenvalue weighted by atomic mass is 16.4. The lowest BCUT2D eigenvalue weighted by molar-refractivity contribution is 0.0572. The van der Waals surface area contributed by atoms with Crippen molar-refractivity contribution in [1.29, 1.82) is 0 Å². The number of nitrogens with zero attached hydrogens (tertiary/aromatic N) is 2. The van der Waals surface area contributed by atoms with Crippen LogP contribution < -0.4 is 0 Å². The molecule has 0 fully saturated rings. The molecule has 9 heavy (non-hydrogen) atoms. The Morgan fingerprint density at radius 3 is 2.56 bits per heavy atom. The maximum absolute atomic E-state index is 10.0. The van der Waals surface area contributed by atoms with Crippen LogP contribution in [0.2, 0.25) is 0 Å². The zero-order chi connectivity index (χ0) is 6.69. The Kier molecular flexibility index (Phi) is 1.40. The van der Waals surface area contributed by atoms with Crippen LogP contribution in [0.4, 0.5) is 0 Å². The SMILES string of the molecule is [O]C(=O)c1ccnnc1. The average Bonchev–Trinajstić information content (AvgIpc) is 1.90. The summed E-state index contributed by atoms with van der Waals surface area (Å²) in [6, 6.07) is 1.32. The minimum Gasteiger partial charge on any atom is -0.241 e. The first-order valence-electron chi connectivity index (χ1n) is 2.29. The maximum Gasteiger partial charge on any atom is 0.388 e. The van der Waals surface area contributed by atoms with Gasteiger partial charge in [-0.25, -0.2) is 9.90 Å². The third-order valence-corrected chi connectivity index (χ3v) is 0.820. The molecule has 1 rings (SSSR count). The molecule has 0 saturated heterocycles. The van der Waals surface area contributed by atoms with Gasteiger partial charge in [0.15, 0.2) is 0 Å². The summed E-state index contributed by atoms with van der Waals surface area (Å²) >= 11 is 0. The summed E-state index contributed by atoms with van der Waals surface area (Å²) in [4.78, 5) is 10.0. The fourth-order valence-corrected chi connectivity index (χ4v) is 0.411. The second-order valence-electron chi connectivity index (χ2n) is 1.42. The lowest BCUT2D eigenvalue weighted by atomic mass is 10.3. The van der Waals surface area contributed by atoms with E-state index in [0.29, 0.717) is 0 Å². The molecule has 0 spiro atoms. The van der Waals surface area contributed by atoms with Crippen LogP contribution in [0, 0.1) is 0 Å². The molecule has 1 aromatic heterocycles. The van der Waals surface area contributed by atoms with Gasteiger partial charge in [0.1, 0.15) is 0 Å². The van der Waals surface area contributed by atoms with Crippen LogP contribution in [0.25, 0.3) is 0 Å². The van der Waals surface area contributed by atoms with E-state index in [2.05, 4.69) is 10.2 Å². The number of carbonyl (C=O) groups is 1. The first-order chi connectivity index (χ1) is 4.30. The topological polar surface area (TPSA) is 62.8 Å². The standard InChI is InChI=1S/C5H3N2O2/c8-5(9)4-1-2-6-7-3-4/h1-3H. The third-order valence-electron chi connectivity index (χ3n) is 0.820. The molecule has 45 valence electrons. The number of hydrogen-bond acceptors (Lipinski definition) is 3. The highest BCUT2D eigenvalue weighted by molar-refractivity contribution is 5.86. The Balaban J connectivity index is 2.98. The quantitative estimate of drug-likeness (QED) is 0.529. The van der Waals surface area contributed by atoms with Crippen LogP contribution in [-0.2, 0) is 5.11 Å². The van der Waals surface area contributed by atoms with Crippen LogP contribution in [0.1, 0.15) is 10.4 Å². The molecule has 1 heterocycles. The van der Waals surface area contributed by atoms with Gasteiger partial charge in [-0.3, -0.25) is 0 Å². The van der Waals surface area contributed by atoms with E-state index in [0.717, 1.165) is 6.20 Å². The second-order valence-corrected chi connectivity index (χ2v) is 1.42. The number of hydrogen-bond donors (Lipinski definition) is 0. The summed E-state index contributed by atoms with van der Waals surface area (Å²) in [5.74, 6) is -1.23. The molecule has 0 atom stereocenters. The molecule has 0 aromatic carbocycles. The summed E-state index contributed by atoms with van der Waals surface area (Å²) in [5, 5.41) is 16.7. The van der Waals surface area contributed by atoms with E-state index >= 15 is 0 Å². The molecule has 1 radical (unpaired) electrons. The Morgan fingerprint density at radius 2 is 2.22 bits per heavy atom. The monoisotopic (exact) mass is 123 g/mol. The summed E-state index contributed by atoms with van der Waals surface area (Å²) in [7, 11) is 0. The molecule has 0 saturated carbocycles. The van der Waals surface area contributed by atoms with E-state index in [4.69, 9.17) is 0 Å². The van der Waals surface area contributed by atoms with Crippen molar-refractivity contribution in [3.05, 3.63) is 24.0 Å². The molecule has 1 aromatic rings. The van der Waals surface area contributed by atoms with Gasteiger partial charge in [0, 0.05) is 0 Å². The molecule has 0 bridgehead atoms. The van der Waals surface area contributed by atoms with Crippen LogP contribution in [0.5, 0.6) is 0 Å². The number of aromatic nitrogens is 2. The average molecular weight is 123 g/mol. The summed E-state index contributed by atoms with van der Waals surface area (Å²) < 4.78 is 0. The molecule has 4 nitrogen and oxygen atoms in total. The summed E-state index contributed by atoms with van der Waals surface area (Å²) in [5.41, 5.74) is 0.0463. The zero-order valence-electron chi connectivity index (χ0n) is 4.44. The highest BCUT2D eigenvalue weighted by Crippen LogP contribution is 1.91. The second kappa shape index (κ2) is 2.21. The van der Waals surface area contributed by atoms with E-state index in [1.165, 1.54) is 12.3 Å². The molecule has 0 aliphatic heterocycles. The van der Waals surface area contributed by atoms with E-state index < -0.39 is 5.97 Å². The van der Waals surface area contributed by atoms with Gasteiger partial charge in [0.25, 0.3) is 0 Å². The molecule has 0 N–H and O–H groups in total. The van der Waals surface area contributed by atoms with Gasteiger partial charge >= 0.3 is 5.97 Å². The van der Waals surface area contributed by atoms with Crippen molar-refractivity contribution < 1.29 is 9.90 Å². The van der Waals surface area contributed by atoms with E-state index in [9.17, 15) is 9.90 Å². The molecular weight excluding hydrogens is 120 g/mol. The highest BCUT2D eigenvalue weighted by Gasteiger charge is 2.01. The molecular formula is C5H3N2O2. The Bertz CT molecular complexity index is 209. The van der Waals surface area contributed by atoms with Crippen molar-refractivity contribution >= 4 is 5.97 Å². The van der Waals surface area contributed by atoms with Gasteiger partial charge in [0.05, 0.1) is 18.0 Å². The first-order valence-corrected chi connectivity index (χ1v) is 2.29. The lowest BCUT2D eigenvalue weighted by Crippen LogP contribution is -1.94. The summed E-state index contributed by atoms with van der Waals surface area (Å²) in [6.07, 6.45) is 2.43. The van der Waals surface area contributed by atoms with Gasteiger partial charge in [0.2, 0.25) is 0 Å². The maximum atomic E-state index is 10.0.